The second-order valence-corrected chi connectivity index (χ2v) is 6.42. The van der Waals surface area contributed by atoms with E-state index in [-0.39, 0.29) is 11.7 Å². The lowest BCUT2D eigenvalue weighted by molar-refractivity contribution is -0.115. The van der Waals surface area contributed by atoms with Crippen LogP contribution in [0, 0.1) is 0 Å². The first kappa shape index (κ1) is 17.1. The Hall–Kier alpha value is -2.73. The standard InChI is InChI=1S/C19H18N2O3S/c1-2-10-24-16-9-4-3-6-13(16)11-17-18(23)21-19(25-17)20-14-7-5-8-15(22)12-14/h3-9,11-12,22H,2,10H2,1H3,(H,20,21,23)/b17-11-. The van der Waals surface area contributed by atoms with Crippen LogP contribution in [0.2, 0.25) is 0 Å². The van der Waals surface area contributed by atoms with Crippen LogP contribution in [0.5, 0.6) is 11.5 Å². The lowest BCUT2D eigenvalue weighted by atomic mass is 10.2. The second-order valence-electron chi connectivity index (χ2n) is 5.39. The number of hydrogen-bond acceptors (Lipinski definition) is 5. The average molecular weight is 354 g/mol. The lowest BCUT2D eigenvalue weighted by Gasteiger charge is -2.07. The minimum atomic E-state index is -0.200. The Balaban J connectivity index is 1.82. The molecule has 0 aliphatic carbocycles. The van der Waals surface area contributed by atoms with Gasteiger partial charge in [0.05, 0.1) is 17.2 Å². The maximum atomic E-state index is 12.2. The molecular weight excluding hydrogens is 336 g/mol. The van der Waals surface area contributed by atoms with Crippen molar-refractivity contribution in [2.45, 2.75) is 13.3 Å². The number of ether oxygens (including phenoxy) is 1. The number of thioether (sulfide) groups is 1. The van der Waals surface area contributed by atoms with Gasteiger partial charge >= 0.3 is 0 Å². The van der Waals surface area contributed by atoms with E-state index in [1.165, 1.54) is 17.8 Å². The smallest absolute Gasteiger partial charge is 0.264 e. The summed E-state index contributed by atoms with van der Waals surface area (Å²) >= 11 is 1.26. The molecule has 0 aromatic heterocycles. The molecule has 1 amide bonds. The average Bonchev–Trinajstić information content (AvgIpc) is 2.93. The van der Waals surface area contributed by atoms with Crippen LogP contribution in [0.25, 0.3) is 6.08 Å². The number of hydrogen-bond donors (Lipinski definition) is 2. The van der Waals surface area contributed by atoms with Gasteiger partial charge in [-0.3, -0.25) is 4.79 Å². The van der Waals surface area contributed by atoms with E-state index in [9.17, 15) is 9.90 Å². The zero-order valence-electron chi connectivity index (χ0n) is 13.7. The van der Waals surface area contributed by atoms with Gasteiger partial charge in [-0.1, -0.05) is 31.2 Å². The molecule has 0 unspecified atom stereocenters. The van der Waals surface area contributed by atoms with Crippen LogP contribution in [0.3, 0.4) is 0 Å². The molecule has 0 atom stereocenters. The fourth-order valence-electron chi connectivity index (χ4n) is 2.24. The molecule has 128 valence electrons. The van der Waals surface area contributed by atoms with Crippen LogP contribution in [0.1, 0.15) is 18.9 Å². The van der Waals surface area contributed by atoms with Crippen molar-refractivity contribution in [1.29, 1.82) is 0 Å². The Bertz CT molecular complexity index is 846. The van der Waals surface area contributed by atoms with E-state index in [1.54, 1.807) is 24.3 Å². The number of carbonyl (C=O) groups is 1. The van der Waals surface area contributed by atoms with Gasteiger partial charge < -0.3 is 15.2 Å². The van der Waals surface area contributed by atoms with Gasteiger partial charge in [-0.15, -0.1) is 0 Å². The normalized spacial score (nSPS) is 17.1. The molecule has 1 heterocycles. The molecule has 0 saturated carbocycles. The molecular formula is C19H18N2O3S. The molecule has 1 fully saturated rings. The Morgan fingerprint density at radius 3 is 2.88 bits per heavy atom. The fraction of sp³-hybridized carbons (Fsp3) is 0.158. The monoisotopic (exact) mass is 354 g/mol. The molecule has 3 rings (SSSR count). The lowest BCUT2D eigenvalue weighted by Crippen LogP contribution is -2.19. The van der Waals surface area contributed by atoms with Crippen molar-refractivity contribution >= 4 is 34.6 Å². The third-order valence-electron chi connectivity index (χ3n) is 3.38. The van der Waals surface area contributed by atoms with Gasteiger partial charge in [0.15, 0.2) is 5.17 Å². The van der Waals surface area contributed by atoms with Gasteiger partial charge in [-0.2, -0.15) is 0 Å². The van der Waals surface area contributed by atoms with E-state index in [4.69, 9.17) is 4.74 Å². The van der Waals surface area contributed by atoms with Gasteiger partial charge in [-0.05, 0) is 42.5 Å². The number of para-hydroxylation sites is 1. The number of benzene rings is 2. The van der Waals surface area contributed by atoms with Crippen molar-refractivity contribution < 1.29 is 14.6 Å². The molecule has 2 aromatic rings. The summed E-state index contributed by atoms with van der Waals surface area (Å²) in [5.74, 6) is 0.687. The van der Waals surface area contributed by atoms with E-state index in [1.807, 2.05) is 31.2 Å². The van der Waals surface area contributed by atoms with Gasteiger partial charge in [0.2, 0.25) is 0 Å². The molecule has 1 aliphatic heterocycles. The first-order valence-corrected chi connectivity index (χ1v) is 8.78. The SMILES string of the molecule is CCCOc1ccccc1/C=C1\SC(=Nc2cccc(O)c2)NC1=O. The van der Waals surface area contributed by atoms with Crippen LogP contribution in [-0.2, 0) is 4.79 Å². The second kappa shape index (κ2) is 7.90. The molecule has 0 spiro atoms. The number of nitrogens with zero attached hydrogens (tertiary/aromatic N) is 1. The van der Waals surface area contributed by atoms with Crippen molar-refractivity contribution in [3.05, 3.63) is 59.0 Å². The number of aliphatic imine (C=N–C) groups is 1. The van der Waals surface area contributed by atoms with Crippen molar-refractivity contribution in [2.75, 3.05) is 6.61 Å². The minimum absolute atomic E-state index is 0.133. The quantitative estimate of drug-likeness (QED) is 0.794. The molecule has 5 nitrogen and oxygen atoms in total. The summed E-state index contributed by atoms with van der Waals surface area (Å²) in [4.78, 5) is 17.1. The third-order valence-corrected chi connectivity index (χ3v) is 4.29. The van der Waals surface area contributed by atoms with Crippen LogP contribution >= 0.6 is 11.8 Å². The Morgan fingerprint density at radius 2 is 2.08 bits per heavy atom. The summed E-state index contributed by atoms with van der Waals surface area (Å²) < 4.78 is 5.72. The highest BCUT2D eigenvalue weighted by Gasteiger charge is 2.24. The Labute approximate surface area is 150 Å². The number of rotatable bonds is 5. The van der Waals surface area contributed by atoms with Gasteiger partial charge in [0, 0.05) is 11.6 Å². The maximum Gasteiger partial charge on any atom is 0.264 e. The van der Waals surface area contributed by atoms with Crippen LogP contribution in [0.4, 0.5) is 5.69 Å². The maximum absolute atomic E-state index is 12.2. The summed E-state index contributed by atoms with van der Waals surface area (Å²) in [5.41, 5.74) is 1.43. The Morgan fingerprint density at radius 1 is 1.24 bits per heavy atom. The third kappa shape index (κ3) is 4.42. The topological polar surface area (TPSA) is 70.9 Å². The van der Waals surface area contributed by atoms with Gasteiger partial charge in [-0.25, -0.2) is 4.99 Å². The number of amides is 1. The largest absolute Gasteiger partial charge is 0.508 e. The van der Waals surface area contributed by atoms with Crippen molar-refractivity contribution in [1.82, 2.24) is 5.32 Å². The summed E-state index contributed by atoms with van der Waals surface area (Å²) in [6, 6.07) is 14.2. The number of nitrogens with one attached hydrogen (secondary N) is 1. The molecule has 2 aromatic carbocycles. The number of phenols is 1. The van der Waals surface area contributed by atoms with Crippen LogP contribution in [0.15, 0.2) is 58.4 Å². The summed E-state index contributed by atoms with van der Waals surface area (Å²) in [7, 11) is 0. The zero-order chi connectivity index (χ0) is 17.6. The number of amidine groups is 1. The van der Waals surface area contributed by atoms with E-state index >= 15 is 0 Å². The molecule has 1 aliphatic rings. The highest BCUT2D eigenvalue weighted by Crippen LogP contribution is 2.31. The number of aromatic hydroxyl groups is 1. The molecule has 1 saturated heterocycles. The number of carbonyl (C=O) groups excluding carboxylic acids is 1. The minimum Gasteiger partial charge on any atom is -0.508 e. The van der Waals surface area contributed by atoms with Crippen molar-refractivity contribution in [2.24, 2.45) is 4.99 Å². The van der Waals surface area contributed by atoms with Gasteiger partial charge in [0.1, 0.15) is 11.5 Å². The molecule has 0 bridgehead atoms. The van der Waals surface area contributed by atoms with Crippen LogP contribution < -0.4 is 10.1 Å². The summed E-state index contributed by atoms with van der Waals surface area (Å²) in [5, 5.41) is 12.7. The van der Waals surface area contributed by atoms with E-state index in [0.29, 0.717) is 22.4 Å². The van der Waals surface area contributed by atoms with E-state index < -0.39 is 0 Å². The molecule has 0 radical (unpaired) electrons. The van der Waals surface area contributed by atoms with E-state index in [0.717, 1.165) is 17.7 Å². The number of phenolic OH excluding ortho intramolecular Hbond substituents is 1. The Kier molecular flexibility index (Phi) is 5.40. The predicted molar refractivity (Wildman–Crippen MR) is 101 cm³/mol. The van der Waals surface area contributed by atoms with Crippen molar-refractivity contribution in [3.63, 3.8) is 0 Å². The first-order valence-electron chi connectivity index (χ1n) is 7.96. The summed E-state index contributed by atoms with van der Waals surface area (Å²) in [6.45, 7) is 2.68. The van der Waals surface area contributed by atoms with E-state index in [2.05, 4.69) is 10.3 Å². The zero-order valence-corrected chi connectivity index (χ0v) is 14.5. The molecule has 25 heavy (non-hydrogen) atoms. The predicted octanol–water partition coefficient (Wildman–Crippen LogP) is 4.07. The highest BCUT2D eigenvalue weighted by atomic mass is 32.2. The molecule has 6 heteroatoms. The molecule has 2 N–H and O–H groups in total. The van der Waals surface area contributed by atoms with Crippen molar-refractivity contribution in [3.8, 4) is 11.5 Å². The van der Waals surface area contributed by atoms with Gasteiger partial charge in [0.25, 0.3) is 5.91 Å². The fourth-order valence-corrected chi connectivity index (χ4v) is 3.08. The highest BCUT2D eigenvalue weighted by molar-refractivity contribution is 8.18. The summed E-state index contributed by atoms with van der Waals surface area (Å²) in [6.07, 6.45) is 2.72. The van der Waals surface area contributed by atoms with Crippen LogP contribution in [-0.4, -0.2) is 22.8 Å². The first-order chi connectivity index (χ1) is 12.2.